The predicted octanol–water partition coefficient (Wildman–Crippen LogP) is 12.1. The summed E-state index contributed by atoms with van der Waals surface area (Å²) in [4.78, 5) is 36.9. The number of hydrogen-bond donors (Lipinski definition) is 1. The van der Waals surface area contributed by atoms with E-state index in [1.165, 1.54) is 38.5 Å². The Labute approximate surface area is 348 Å². The van der Waals surface area contributed by atoms with Crippen molar-refractivity contribution in [3.05, 3.63) is 85.1 Å². The molecule has 8 heteroatoms. The van der Waals surface area contributed by atoms with Gasteiger partial charge in [0.05, 0.1) is 34.4 Å². The predicted molar refractivity (Wildman–Crippen MR) is 238 cm³/mol. The smallest absolute Gasteiger partial charge is 0.362 e. The standard InChI is InChI=1S/C49H81NO7/c1-6-8-10-12-14-16-18-20-21-22-23-24-25-26-28-29-31-33-35-37-39-47(51)56-44-45(43-55-42-41-46(49(53)54)50(3,4)5)57-48(52)40-38-36-34-32-30-27-19-17-15-13-11-9-7-2/h8,10,14,16,20-21,23-24,26-28,30,34,36,45-46H,6-7,9,11-13,15,17-19,22,25,29,31-33,35,37-44H2,1-5H3/p+1/b10-8+,16-14+,21-20+,24-23+,28-26+,30-27+,36-34+. The van der Waals surface area contributed by atoms with Crippen molar-refractivity contribution in [2.45, 2.75) is 167 Å². The number of esters is 2. The minimum atomic E-state index is -0.890. The summed E-state index contributed by atoms with van der Waals surface area (Å²) in [6.07, 6.45) is 50.7. The summed E-state index contributed by atoms with van der Waals surface area (Å²) >= 11 is 0. The number of nitrogens with zero attached hydrogens (tertiary/aromatic N) is 1. The van der Waals surface area contributed by atoms with Crippen LogP contribution in [0.25, 0.3) is 0 Å². The Morgan fingerprint density at radius 1 is 0.544 bits per heavy atom. The third kappa shape index (κ3) is 37.8. The van der Waals surface area contributed by atoms with Crippen LogP contribution in [0.5, 0.6) is 0 Å². The molecule has 0 fully saturated rings. The molecule has 0 spiro atoms. The fourth-order valence-corrected chi connectivity index (χ4v) is 5.87. The minimum absolute atomic E-state index is 0.0253. The monoisotopic (exact) mass is 797 g/mol. The molecule has 1 N–H and O–H groups in total. The Balaban J connectivity index is 4.45. The van der Waals surface area contributed by atoms with Crippen molar-refractivity contribution in [3.8, 4) is 0 Å². The number of rotatable bonds is 38. The van der Waals surface area contributed by atoms with Gasteiger partial charge in [0.25, 0.3) is 0 Å². The molecule has 2 unspecified atom stereocenters. The normalized spacial score (nSPS) is 13.8. The van der Waals surface area contributed by atoms with E-state index in [0.29, 0.717) is 19.3 Å². The molecule has 0 aromatic carbocycles. The Hall–Kier alpha value is -3.49. The Morgan fingerprint density at radius 2 is 1.02 bits per heavy atom. The molecule has 324 valence electrons. The molecule has 0 heterocycles. The van der Waals surface area contributed by atoms with E-state index in [0.717, 1.165) is 77.0 Å². The molecule has 0 aliphatic heterocycles. The van der Waals surface area contributed by atoms with Crippen LogP contribution in [-0.2, 0) is 28.6 Å². The molecule has 0 aliphatic carbocycles. The topological polar surface area (TPSA) is 99.1 Å². The van der Waals surface area contributed by atoms with Gasteiger partial charge in [-0.05, 0) is 77.0 Å². The second-order valence-corrected chi connectivity index (χ2v) is 15.6. The lowest BCUT2D eigenvalue weighted by atomic mass is 10.1. The van der Waals surface area contributed by atoms with Gasteiger partial charge in [0, 0.05) is 19.3 Å². The van der Waals surface area contributed by atoms with Crippen molar-refractivity contribution in [2.24, 2.45) is 0 Å². The second-order valence-electron chi connectivity index (χ2n) is 15.6. The highest BCUT2D eigenvalue weighted by Gasteiger charge is 2.31. The van der Waals surface area contributed by atoms with Gasteiger partial charge in [0.2, 0.25) is 0 Å². The number of carboxylic acid groups (broad SMARTS) is 1. The molecule has 0 saturated carbocycles. The zero-order valence-corrected chi connectivity index (χ0v) is 36.8. The number of carbonyl (C=O) groups excluding carboxylic acids is 2. The summed E-state index contributed by atoms with van der Waals surface area (Å²) < 4.78 is 17.2. The van der Waals surface area contributed by atoms with E-state index in [9.17, 15) is 19.5 Å². The number of allylic oxidation sites excluding steroid dienone is 14. The molecule has 0 aromatic heterocycles. The van der Waals surface area contributed by atoms with Crippen molar-refractivity contribution < 1.29 is 38.2 Å². The number of carbonyl (C=O) groups is 3. The van der Waals surface area contributed by atoms with Crippen LogP contribution in [0.4, 0.5) is 0 Å². The van der Waals surface area contributed by atoms with Gasteiger partial charge in [0.15, 0.2) is 12.1 Å². The highest BCUT2D eigenvalue weighted by Crippen LogP contribution is 2.12. The first-order valence-electron chi connectivity index (χ1n) is 22.1. The average molecular weight is 797 g/mol. The first-order valence-corrected chi connectivity index (χ1v) is 22.1. The van der Waals surface area contributed by atoms with E-state index in [4.69, 9.17) is 14.2 Å². The summed E-state index contributed by atoms with van der Waals surface area (Å²) in [6.45, 7) is 4.50. The van der Waals surface area contributed by atoms with Crippen molar-refractivity contribution in [1.82, 2.24) is 0 Å². The largest absolute Gasteiger partial charge is 0.477 e. The maximum absolute atomic E-state index is 12.7. The third-order valence-electron chi connectivity index (χ3n) is 9.29. The van der Waals surface area contributed by atoms with Crippen molar-refractivity contribution in [1.29, 1.82) is 0 Å². The van der Waals surface area contributed by atoms with Crippen LogP contribution < -0.4 is 0 Å². The molecular weight excluding hydrogens is 715 g/mol. The van der Waals surface area contributed by atoms with Crippen LogP contribution in [0.2, 0.25) is 0 Å². The lowest BCUT2D eigenvalue weighted by molar-refractivity contribution is -0.887. The average Bonchev–Trinajstić information content (AvgIpc) is 3.17. The number of aliphatic carboxylic acids is 1. The maximum Gasteiger partial charge on any atom is 0.362 e. The summed E-state index contributed by atoms with van der Waals surface area (Å²) in [7, 11) is 5.49. The van der Waals surface area contributed by atoms with Crippen LogP contribution in [0, 0.1) is 0 Å². The van der Waals surface area contributed by atoms with E-state index in [1.54, 1.807) is 0 Å². The van der Waals surface area contributed by atoms with Gasteiger partial charge in [-0.2, -0.15) is 0 Å². The second kappa shape index (κ2) is 39.3. The number of likely N-dealkylation sites (N-methyl/N-ethyl adjacent to an activating group) is 1. The molecule has 0 rings (SSSR count). The number of hydrogen-bond acceptors (Lipinski definition) is 6. The lowest BCUT2D eigenvalue weighted by Gasteiger charge is -2.31. The molecule has 0 aromatic rings. The lowest BCUT2D eigenvalue weighted by Crippen LogP contribution is -2.50. The first-order chi connectivity index (χ1) is 27.6. The number of unbranched alkanes of at least 4 members (excludes halogenated alkanes) is 10. The maximum atomic E-state index is 12.7. The highest BCUT2D eigenvalue weighted by atomic mass is 16.6. The molecule has 0 amide bonds. The molecule has 57 heavy (non-hydrogen) atoms. The van der Waals surface area contributed by atoms with Crippen LogP contribution in [-0.4, -0.2) is 80.6 Å². The van der Waals surface area contributed by atoms with Gasteiger partial charge in [-0.1, -0.05) is 144 Å². The van der Waals surface area contributed by atoms with Gasteiger partial charge in [-0.15, -0.1) is 0 Å². The first kappa shape index (κ1) is 53.5. The summed E-state index contributed by atoms with van der Waals surface area (Å²) in [5.41, 5.74) is 0. The van der Waals surface area contributed by atoms with E-state index < -0.39 is 18.1 Å². The summed E-state index contributed by atoms with van der Waals surface area (Å²) in [6, 6.07) is -0.631. The van der Waals surface area contributed by atoms with Gasteiger partial charge < -0.3 is 23.8 Å². The van der Waals surface area contributed by atoms with Crippen LogP contribution in [0.1, 0.15) is 155 Å². The van der Waals surface area contributed by atoms with Crippen LogP contribution in [0.15, 0.2) is 85.1 Å². The SMILES string of the molecule is CC/C=C/C/C=C/C/C=C/C/C=C/C/C=C/CCCCCCC(=O)OCC(COCCC(C(=O)O)[N+](C)(C)C)OC(=O)CC/C=C/C/C=C/CCCCCCCC. The molecular formula is C49H82NO7+. The summed E-state index contributed by atoms with van der Waals surface area (Å²) in [5, 5.41) is 9.61. The quantitative estimate of drug-likeness (QED) is 0.0287. The highest BCUT2D eigenvalue weighted by molar-refractivity contribution is 5.72. The minimum Gasteiger partial charge on any atom is -0.477 e. The van der Waals surface area contributed by atoms with Gasteiger partial charge in [-0.25, -0.2) is 4.79 Å². The number of ether oxygens (including phenoxy) is 3. The fourth-order valence-electron chi connectivity index (χ4n) is 5.87. The number of quaternary nitrogens is 1. The van der Waals surface area contributed by atoms with Gasteiger partial charge in [0.1, 0.15) is 6.61 Å². The third-order valence-corrected chi connectivity index (χ3v) is 9.29. The van der Waals surface area contributed by atoms with Gasteiger partial charge in [-0.3, -0.25) is 9.59 Å². The Kier molecular flexibility index (Phi) is 36.9. The molecule has 0 aliphatic rings. The molecule has 8 nitrogen and oxygen atoms in total. The Morgan fingerprint density at radius 3 is 1.53 bits per heavy atom. The van der Waals surface area contributed by atoms with E-state index >= 15 is 0 Å². The molecule has 2 atom stereocenters. The van der Waals surface area contributed by atoms with E-state index in [1.807, 2.05) is 27.2 Å². The van der Waals surface area contributed by atoms with E-state index in [2.05, 4.69) is 92.8 Å². The molecule has 0 saturated heterocycles. The van der Waals surface area contributed by atoms with Crippen molar-refractivity contribution in [3.63, 3.8) is 0 Å². The van der Waals surface area contributed by atoms with Crippen LogP contribution >= 0.6 is 0 Å². The van der Waals surface area contributed by atoms with E-state index in [-0.39, 0.29) is 42.7 Å². The molecule has 0 radical (unpaired) electrons. The zero-order chi connectivity index (χ0) is 42.1. The van der Waals surface area contributed by atoms with Crippen LogP contribution in [0.3, 0.4) is 0 Å². The number of carboxylic acids is 1. The van der Waals surface area contributed by atoms with Crippen molar-refractivity contribution in [2.75, 3.05) is 41.0 Å². The summed E-state index contributed by atoms with van der Waals surface area (Å²) in [5.74, 6) is -1.60. The zero-order valence-electron chi connectivity index (χ0n) is 36.8. The fraction of sp³-hybridized carbons (Fsp3) is 0.653. The van der Waals surface area contributed by atoms with Gasteiger partial charge >= 0.3 is 17.9 Å². The Bertz CT molecular complexity index is 1200. The van der Waals surface area contributed by atoms with Crippen molar-refractivity contribution >= 4 is 17.9 Å². The molecule has 0 bridgehead atoms.